The van der Waals surface area contributed by atoms with Crippen molar-refractivity contribution in [1.29, 1.82) is 0 Å². The van der Waals surface area contributed by atoms with Crippen molar-refractivity contribution in [3.63, 3.8) is 0 Å². The zero-order valence-electron chi connectivity index (χ0n) is 14.4. The van der Waals surface area contributed by atoms with Crippen molar-refractivity contribution in [2.75, 3.05) is 26.8 Å². The largest absolute Gasteiger partial charge is 0.478 e. The summed E-state index contributed by atoms with van der Waals surface area (Å²) >= 11 is 0. The smallest absolute Gasteiger partial charge is 0.335 e. The molecule has 0 aliphatic carbocycles. The van der Waals surface area contributed by atoms with Crippen LogP contribution in [0.1, 0.15) is 46.4 Å². The van der Waals surface area contributed by atoms with Gasteiger partial charge in [0.25, 0.3) is 0 Å². The zero-order valence-corrected chi connectivity index (χ0v) is 14.4. The van der Waals surface area contributed by atoms with E-state index in [2.05, 4.69) is 15.0 Å². The Morgan fingerprint density at radius 1 is 1.48 bits per heavy atom. The highest BCUT2D eigenvalue weighted by molar-refractivity contribution is 5.87. The molecule has 1 atom stereocenters. The number of carboxylic acid groups (broad SMARTS) is 1. The lowest BCUT2D eigenvalue weighted by atomic mass is 9.89. The van der Waals surface area contributed by atoms with Crippen LogP contribution in [0.3, 0.4) is 0 Å². The molecule has 134 valence electrons. The summed E-state index contributed by atoms with van der Waals surface area (Å²) in [4.78, 5) is 17.9. The summed E-state index contributed by atoms with van der Waals surface area (Å²) in [6, 6.07) is 7.24. The maximum atomic E-state index is 11.2. The van der Waals surface area contributed by atoms with E-state index in [1.807, 2.05) is 12.1 Å². The molecule has 0 saturated carbocycles. The van der Waals surface area contributed by atoms with Gasteiger partial charge in [0, 0.05) is 20.1 Å². The van der Waals surface area contributed by atoms with Gasteiger partial charge < -0.3 is 14.4 Å². The molecule has 2 heterocycles. The third-order valence-electron chi connectivity index (χ3n) is 4.51. The molecule has 1 unspecified atom stereocenters. The number of carboxylic acids is 1. The molecule has 0 bridgehead atoms. The summed E-state index contributed by atoms with van der Waals surface area (Å²) in [7, 11) is 1.65. The number of aromatic carboxylic acids is 1. The summed E-state index contributed by atoms with van der Waals surface area (Å²) in [6.45, 7) is 3.03. The van der Waals surface area contributed by atoms with Crippen LogP contribution in [0.5, 0.6) is 0 Å². The highest BCUT2D eigenvalue weighted by atomic mass is 16.5. The SMILES string of the molecule is COCCc1noc(CN2CCCC(c3cccc(C(=O)O)c3)C2)n1. The molecule has 25 heavy (non-hydrogen) atoms. The van der Waals surface area contributed by atoms with Gasteiger partial charge in [-0.25, -0.2) is 4.79 Å². The minimum atomic E-state index is -0.885. The van der Waals surface area contributed by atoms with Gasteiger partial charge in [-0.2, -0.15) is 4.98 Å². The first-order valence-corrected chi connectivity index (χ1v) is 8.51. The summed E-state index contributed by atoms with van der Waals surface area (Å²) in [5, 5.41) is 13.1. The number of ether oxygens (including phenoxy) is 1. The van der Waals surface area contributed by atoms with Crippen molar-refractivity contribution in [2.24, 2.45) is 0 Å². The maximum absolute atomic E-state index is 11.2. The van der Waals surface area contributed by atoms with Gasteiger partial charge in [0.1, 0.15) is 0 Å². The van der Waals surface area contributed by atoms with E-state index in [-0.39, 0.29) is 0 Å². The molecular weight excluding hydrogens is 322 g/mol. The molecule has 0 spiro atoms. The Labute approximate surface area is 146 Å². The average Bonchev–Trinajstić information content (AvgIpc) is 3.07. The van der Waals surface area contributed by atoms with Crippen molar-refractivity contribution < 1.29 is 19.2 Å². The minimum Gasteiger partial charge on any atom is -0.478 e. The van der Waals surface area contributed by atoms with Gasteiger partial charge >= 0.3 is 5.97 Å². The van der Waals surface area contributed by atoms with Crippen LogP contribution in [-0.2, 0) is 17.7 Å². The lowest BCUT2D eigenvalue weighted by Crippen LogP contribution is -2.34. The van der Waals surface area contributed by atoms with E-state index < -0.39 is 5.97 Å². The quantitative estimate of drug-likeness (QED) is 0.824. The monoisotopic (exact) mass is 345 g/mol. The van der Waals surface area contributed by atoms with Crippen LogP contribution in [0.15, 0.2) is 28.8 Å². The number of benzene rings is 1. The van der Waals surface area contributed by atoms with E-state index in [1.54, 1.807) is 19.2 Å². The Bertz CT molecular complexity index is 716. The molecule has 1 aliphatic heterocycles. The van der Waals surface area contributed by atoms with Gasteiger partial charge in [0.2, 0.25) is 5.89 Å². The first kappa shape index (κ1) is 17.6. The first-order valence-electron chi connectivity index (χ1n) is 8.51. The van der Waals surface area contributed by atoms with Crippen molar-refractivity contribution in [2.45, 2.75) is 31.7 Å². The van der Waals surface area contributed by atoms with E-state index in [0.717, 1.165) is 31.5 Å². The summed E-state index contributed by atoms with van der Waals surface area (Å²) in [5.74, 6) is 0.721. The lowest BCUT2D eigenvalue weighted by molar-refractivity contribution is 0.0696. The topological polar surface area (TPSA) is 88.7 Å². The maximum Gasteiger partial charge on any atom is 0.335 e. The fourth-order valence-electron chi connectivity index (χ4n) is 3.24. The van der Waals surface area contributed by atoms with Crippen LogP contribution in [0.2, 0.25) is 0 Å². The van der Waals surface area contributed by atoms with Crippen LogP contribution in [0.25, 0.3) is 0 Å². The molecule has 2 aromatic rings. The predicted octanol–water partition coefficient (Wildman–Crippen LogP) is 2.34. The minimum absolute atomic E-state index is 0.323. The van der Waals surface area contributed by atoms with Crippen molar-refractivity contribution >= 4 is 5.97 Å². The van der Waals surface area contributed by atoms with Crippen molar-refractivity contribution in [1.82, 2.24) is 15.0 Å². The van der Waals surface area contributed by atoms with Crippen LogP contribution in [0.4, 0.5) is 0 Å². The van der Waals surface area contributed by atoms with Gasteiger partial charge in [0.15, 0.2) is 5.82 Å². The number of aromatic nitrogens is 2. The molecule has 0 amide bonds. The van der Waals surface area contributed by atoms with Gasteiger partial charge in [-0.05, 0) is 43.0 Å². The number of nitrogens with zero attached hydrogens (tertiary/aromatic N) is 3. The van der Waals surface area contributed by atoms with Crippen molar-refractivity contribution in [3.8, 4) is 0 Å². The van der Waals surface area contributed by atoms with Crippen LogP contribution >= 0.6 is 0 Å². The first-order chi connectivity index (χ1) is 12.2. The Hall–Kier alpha value is -2.25. The summed E-state index contributed by atoms with van der Waals surface area (Å²) in [6.07, 6.45) is 2.76. The van der Waals surface area contributed by atoms with Crippen LogP contribution < -0.4 is 0 Å². The number of piperidine rings is 1. The summed E-state index contributed by atoms with van der Waals surface area (Å²) < 4.78 is 10.3. The standard InChI is InChI=1S/C18H23N3O4/c1-24-9-7-16-19-17(25-20-16)12-21-8-3-6-15(11-21)13-4-2-5-14(10-13)18(22)23/h2,4-5,10,15H,3,6-9,11-12H2,1H3,(H,22,23). The van der Waals surface area contributed by atoms with E-state index in [4.69, 9.17) is 9.26 Å². The number of methoxy groups -OCH3 is 1. The van der Waals surface area contributed by atoms with Crippen LogP contribution in [-0.4, -0.2) is 52.9 Å². The molecule has 7 nitrogen and oxygen atoms in total. The Balaban J connectivity index is 1.62. The van der Waals surface area contributed by atoms with Crippen molar-refractivity contribution in [3.05, 3.63) is 47.1 Å². The second-order valence-electron chi connectivity index (χ2n) is 6.35. The van der Waals surface area contributed by atoms with Gasteiger partial charge in [0.05, 0.1) is 18.7 Å². The highest BCUT2D eigenvalue weighted by Crippen LogP contribution is 2.28. The number of carbonyl (C=O) groups is 1. The predicted molar refractivity (Wildman–Crippen MR) is 90.5 cm³/mol. The van der Waals surface area contributed by atoms with E-state index in [9.17, 15) is 9.90 Å². The molecule has 7 heteroatoms. The molecule has 1 N–H and O–H groups in total. The number of hydrogen-bond acceptors (Lipinski definition) is 6. The molecule has 0 radical (unpaired) electrons. The normalized spacial score (nSPS) is 18.4. The zero-order chi connectivity index (χ0) is 17.6. The Morgan fingerprint density at radius 2 is 2.36 bits per heavy atom. The van der Waals surface area contributed by atoms with Gasteiger partial charge in [-0.15, -0.1) is 0 Å². The Morgan fingerprint density at radius 3 is 3.16 bits per heavy atom. The van der Waals surface area contributed by atoms with E-state index in [1.165, 1.54) is 0 Å². The molecule has 1 saturated heterocycles. The van der Waals surface area contributed by atoms with Crippen LogP contribution in [0, 0.1) is 0 Å². The molecular formula is C18H23N3O4. The molecule has 1 aromatic heterocycles. The second-order valence-corrected chi connectivity index (χ2v) is 6.35. The summed E-state index contributed by atoms with van der Waals surface area (Å²) in [5.41, 5.74) is 1.42. The molecule has 1 fully saturated rings. The number of likely N-dealkylation sites (tertiary alicyclic amines) is 1. The molecule has 1 aliphatic rings. The fourth-order valence-corrected chi connectivity index (χ4v) is 3.24. The van der Waals surface area contributed by atoms with E-state index in [0.29, 0.717) is 42.8 Å². The molecule has 3 rings (SSSR count). The highest BCUT2D eigenvalue weighted by Gasteiger charge is 2.23. The second kappa shape index (κ2) is 8.22. The number of rotatable bonds is 7. The molecule has 1 aromatic carbocycles. The Kier molecular flexibility index (Phi) is 5.78. The average molecular weight is 345 g/mol. The third-order valence-corrected chi connectivity index (χ3v) is 4.51. The van der Waals surface area contributed by atoms with Gasteiger partial charge in [-0.1, -0.05) is 17.3 Å². The van der Waals surface area contributed by atoms with E-state index >= 15 is 0 Å². The third kappa shape index (κ3) is 4.64. The lowest BCUT2D eigenvalue weighted by Gasteiger charge is -2.32. The van der Waals surface area contributed by atoms with Gasteiger partial charge in [-0.3, -0.25) is 4.90 Å². The fraction of sp³-hybridized carbons (Fsp3) is 0.500. The number of hydrogen-bond donors (Lipinski definition) is 1.